The third-order valence-corrected chi connectivity index (χ3v) is 6.64. The molecule has 0 aliphatic heterocycles. The first kappa shape index (κ1) is 17.7. The van der Waals surface area contributed by atoms with Crippen molar-refractivity contribution in [1.82, 2.24) is 0 Å². The molecule has 0 amide bonds. The maximum atomic E-state index is 5.62. The van der Waals surface area contributed by atoms with Crippen molar-refractivity contribution in [3.8, 4) is 0 Å². The van der Waals surface area contributed by atoms with E-state index in [1.165, 1.54) is 5.56 Å². The van der Waals surface area contributed by atoms with Gasteiger partial charge in [-0.3, -0.25) is 0 Å². The number of aryl methyl sites for hydroxylation is 1. The monoisotopic (exact) mass is 331 g/mol. The van der Waals surface area contributed by atoms with Crippen molar-refractivity contribution in [2.45, 2.75) is 12.8 Å². The molecular weight excluding hydrogens is 306 g/mol. The minimum Gasteiger partial charge on any atom is -0.385 e. The van der Waals surface area contributed by atoms with E-state index in [1.54, 1.807) is 21.3 Å². The van der Waals surface area contributed by atoms with E-state index in [0.29, 0.717) is 0 Å². The van der Waals surface area contributed by atoms with Crippen molar-refractivity contribution in [2.24, 2.45) is 0 Å². The lowest BCUT2D eigenvalue weighted by atomic mass is 10.1. The summed E-state index contributed by atoms with van der Waals surface area (Å²) in [6.07, 6.45) is 1.97. The fourth-order valence-corrected chi connectivity index (χ4v) is 4.75. The van der Waals surface area contributed by atoms with Crippen molar-refractivity contribution in [2.75, 3.05) is 33.2 Å². The smallest absolute Gasteiger partial charge is 0.385 e. The van der Waals surface area contributed by atoms with Crippen LogP contribution < -0.4 is 10.5 Å². The Balaban J connectivity index is 2.00. The molecule has 4 nitrogen and oxygen atoms in total. The number of hydrogen-bond donors (Lipinski definition) is 1. The second kappa shape index (κ2) is 8.84. The Morgan fingerprint density at radius 3 is 2.09 bits per heavy atom. The summed E-state index contributed by atoms with van der Waals surface area (Å²) in [6, 6.07) is 18.5. The Bertz CT molecular complexity index is 580. The molecule has 2 aromatic rings. The molecule has 124 valence electrons. The SMILES string of the molecule is CO[Si](OC)(OC)c1ccccc1CCCNc1ccccc1. The summed E-state index contributed by atoms with van der Waals surface area (Å²) in [7, 11) is 2.15. The molecule has 0 aliphatic carbocycles. The first-order chi connectivity index (χ1) is 11.3. The van der Waals surface area contributed by atoms with Crippen LogP contribution in [0.15, 0.2) is 54.6 Å². The Kier molecular flexibility index (Phi) is 6.79. The second-order valence-electron chi connectivity index (χ2n) is 5.22. The molecule has 0 spiro atoms. The molecule has 0 saturated heterocycles. The molecule has 23 heavy (non-hydrogen) atoms. The summed E-state index contributed by atoms with van der Waals surface area (Å²) < 4.78 is 16.9. The van der Waals surface area contributed by atoms with Crippen molar-refractivity contribution < 1.29 is 13.3 Å². The Morgan fingerprint density at radius 1 is 0.826 bits per heavy atom. The van der Waals surface area contributed by atoms with E-state index in [4.69, 9.17) is 13.3 Å². The van der Waals surface area contributed by atoms with Crippen LogP contribution >= 0.6 is 0 Å². The van der Waals surface area contributed by atoms with Gasteiger partial charge in [-0.25, -0.2) is 0 Å². The highest BCUT2D eigenvalue weighted by Crippen LogP contribution is 2.12. The zero-order valence-corrected chi connectivity index (χ0v) is 15.0. The molecular formula is C18H25NO3Si. The molecule has 0 heterocycles. The van der Waals surface area contributed by atoms with E-state index in [2.05, 4.69) is 23.5 Å². The molecule has 0 unspecified atom stereocenters. The zero-order chi connectivity index (χ0) is 16.5. The highest BCUT2D eigenvalue weighted by molar-refractivity contribution is 6.75. The van der Waals surface area contributed by atoms with Crippen molar-refractivity contribution >= 4 is 19.7 Å². The van der Waals surface area contributed by atoms with Crippen LogP contribution in [-0.2, 0) is 19.7 Å². The first-order valence-electron chi connectivity index (χ1n) is 7.78. The minimum atomic E-state index is -2.78. The van der Waals surface area contributed by atoms with Crippen molar-refractivity contribution in [3.63, 3.8) is 0 Å². The summed E-state index contributed by atoms with van der Waals surface area (Å²) in [4.78, 5) is 0. The van der Waals surface area contributed by atoms with Crippen LogP contribution in [0.1, 0.15) is 12.0 Å². The van der Waals surface area contributed by atoms with E-state index in [9.17, 15) is 0 Å². The topological polar surface area (TPSA) is 39.7 Å². The molecule has 1 N–H and O–H groups in total. The summed E-state index contributed by atoms with van der Waals surface area (Å²) in [5.74, 6) is 0. The minimum absolute atomic E-state index is 0.917. The van der Waals surface area contributed by atoms with Crippen LogP contribution in [0.5, 0.6) is 0 Å². The average molecular weight is 331 g/mol. The van der Waals surface area contributed by atoms with Crippen LogP contribution in [0, 0.1) is 0 Å². The Hall–Kier alpha value is -1.66. The lowest BCUT2D eigenvalue weighted by Crippen LogP contribution is -2.56. The predicted molar refractivity (Wildman–Crippen MR) is 96.1 cm³/mol. The van der Waals surface area contributed by atoms with Crippen LogP contribution in [0.25, 0.3) is 0 Å². The molecule has 0 aromatic heterocycles. The first-order valence-corrected chi connectivity index (χ1v) is 9.51. The predicted octanol–water partition coefficient (Wildman–Crippen LogP) is 2.82. The number of rotatable bonds is 9. The highest BCUT2D eigenvalue weighted by atomic mass is 28.4. The quantitative estimate of drug-likeness (QED) is 0.566. The third-order valence-electron chi connectivity index (χ3n) is 3.88. The summed E-state index contributed by atoms with van der Waals surface area (Å²) >= 11 is 0. The van der Waals surface area contributed by atoms with E-state index in [-0.39, 0.29) is 0 Å². The normalized spacial score (nSPS) is 11.4. The Labute approximate surface area is 139 Å². The molecule has 0 bridgehead atoms. The van der Waals surface area contributed by atoms with E-state index < -0.39 is 8.80 Å². The average Bonchev–Trinajstić information content (AvgIpc) is 2.63. The van der Waals surface area contributed by atoms with Gasteiger partial charge in [0.1, 0.15) is 0 Å². The van der Waals surface area contributed by atoms with Gasteiger partial charge in [0.25, 0.3) is 0 Å². The number of hydrogen-bond acceptors (Lipinski definition) is 4. The van der Waals surface area contributed by atoms with E-state index >= 15 is 0 Å². The molecule has 0 atom stereocenters. The van der Waals surface area contributed by atoms with Crippen LogP contribution in [0.4, 0.5) is 5.69 Å². The summed E-state index contributed by atoms with van der Waals surface area (Å²) in [6.45, 7) is 0.917. The van der Waals surface area contributed by atoms with Crippen molar-refractivity contribution in [3.05, 3.63) is 60.2 Å². The fourth-order valence-electron chi connectivity index (χ4n) is 2.68. The standard InChI is InChI=1S/C18H25NO3Si/c1-20-23(21-2,22-3)18-14-8-7-10-16(18)11-9-15-19-17-12-5-4-6-13-17/h4-8,10,12-14,19H,9,11,15H2,1-3H3. The van der Waals surface area contributed by atoms with Crippen LogP contribution in [-0.4, -0.2) is 36.7 Å². The lowest BCUT2D eigenvalue weighted by Gasteiger charge is -2.26. The van der Waals surface area contributed by atoms with Crippen LogP contribution in [0.2, 0.25) is 0 Å². The Morgan fingerprint density at radius 2 is 1.43 bits per heavy atom. The summed E-state index contributed by atoms with van der Waals surface area (Å²) in [5, 5.41) is 4.48. The van der Waals surface area contributed by atoms with Gasteiger partial charge in [-0.1, -0.05) is 42.5 Å². The molecule has 5 heteroatoms. The van der Waals surface area contributed by atoms with Gasteiger partial charge in [0, 0.05) is 38.7 Å². The molecule has 0 saturated carbocycles. The lowest BCUT2D eigenvalue weighted by molar-refractivity contribution is 0.140. The molecule has 0 radical (unpaired) electrons. The van der Waals surface area contributed by atoms with Crippen LogP contribution in [0.3, 0.4) is 0 Å². The second-order valence-corrected chi connectivity index (χ2v) is 8.10. The molecule has 2 aromatic carbocycles. The number of benzene rings is 2. The third kappa shape index (κ3) is 4.42. The maximum Gasteiger partial charge on any atom is 0.536 e. The van der Waals surface area contributed by atoms with Gasteiger partial charge in [-0.05, 0) is 30.5 Å². The maximum absolute atomic E-state index is 5.62. The van der Waals surface area contributed by atoms with Gasteiger partial charge in [-0.15, -0.1) is 0 Å². The number of anilines is 1. The van der Waals surface area contributed by atoms with E-state index in [1.807, 2.05) is 36.4 Å². The van der Waals surface area contributed by atoms with Crippen molar-refractivity contribution in [1.29, 1.82) is 0 Å². The summed E-state index contributed by atoms with van der Waals surface area (Å²) in [5.41, 5.74) is 2.37. The number of nitrogens with one attached hydrogen (secondary N) is 1. The van der Waals surface area contributed by atoms with Gasteiger partial charge in [0.2, 0.25) is 0 Å². The fraction of sp³-hybridized carbons (Fsp3) is 0.333. The zero-order valence-electron chi connectivity index (χ0n) is 14.0. The van der Waals surface area contributed by atoms with Gasteiger partial charge < -0.3 is 18.6 Å². The molecule has 0 fully saturated rings. The molecule has 2 rings (SSSR count). The molecule has 0 aliphatic rings. The van der Waals surface area contributed by atoms with E-state index in [0.717, 1.165) is 30.3 Å². The largest absolute Gasteiger partial charge is 0.536 e. The highest BCUT2D eigenvalue weighted by Gasteiger charge is 2.42. The van der Waals surface area contributed by atoms with Gasteiger partial charge in [0.15, 0.2) is 0 Å². The van der Waals surface area contributed by atoms with Gasteiger partial charge in [-0.2, -0.15) is 0 Å². The van der Waals surface area contributed by atoms with Gasteiger partial charge >= 0.3 is 8.80 Å². The number of para-hydroxylation sites is 1. The van der Waals surface area contributed by atoms with Gasteiger partial charge in [0.05, 0.1) is 0 Å².